The lowest BCUT2D eigenvalue weighted by molar-refractivity contribution is 0.262. The number of hydrogen-bond donors (Lipinski definition) is 5. The molecule has 0 aliphatic carbocycles. The Morgan fingerprint density at radius 2 is 1.83 bits per heavy atom. The average molecular weight is 415 g/mol. The van der Waals surface area contributed by atoms with Crippen LogP contribution in [0, 0.1) is 0 Å². The minimum absolute atomic E-state index is 0.0113. The minimum Gasteiger partial charge on any atom is -0.395 e. The van der Waals surface area contributed by atoms with Crippen LogP contribution >= 0.6 is 27.5 Å². The van der Waals surface area contributed by atoms with Crippen LogP contribution in [0.2, 0.25) is 5.02 Å². The number of hydrogen-bond acceptors (Lipinski definition) is 4. The SMILES string of the molecule is O=C(Nc1cc(Cl)cc(NCCO)c1)Nc1cc(Br)ccc1CO. The quantitative estimate of drug-likeness (QED) is 0.499. The van der Waals surface area contributed by atoms with Crippen LogP contribution in [0.4, 0.5) is 21.9 Å². The van der Waals surface area contributed by atoms with E-state index < -0.39 is 6.03 Å². The summed E-state index contributed by atoms with van der Waals surface area (Å²) in [5.41, 5.74) is 2.29. The van der Waals surface area contributed by atoms with Crippen LogP contribution in [-0.4, -0.2) is 29.4 Å². The lowest BCUT2D eigenvalue weighted by atomic mass is 10.2. The van der Waals surface area contributed by atoms with Crippen molar-refractivity contribution in [3.8, 4) is 0 Å². The van der Waals surface area contributed by atoms with E-state index in [-0.39, 0.29) is 13.2 Å². The monoisotopic (exact) mass is 413 g/mol. The zero-order chi connectivity index (χ0) is 17.5. The Labute approximate surface area is 153 Å². The van der Waals surface area contributed by atoms with E-state index in [0.717, 1.165) is 4.47 Å². The van der Waals surface area contributed by atoms with E-state index >= 15 is 0 Å². The van der Waals surface area contributed by atoms with Gasteiger partial charge in [0.05, 0.1) is 13.2 Å². The molecule has 2 aromatic rings. The molecule has 5 N–H and O–H groups in total. The van der Waals surface area contributed by atoms with E-state index in [1.165, 1.54) is 0 Å². The van der Waals surface area contributed by atoms with E-state index in [1.54, 1.807) is 36.4 Å². The average Bonchev–Trinajstić information content (AvgIpc) is 2.52. The maximum absolute atomic E-state index is 12.2. The van der Waals surface area contributed by atoms with Crippen molar-refractivity contribution < 1.29 is 15.0 Å². The number of anilines is 3. The van der Waals surface area contributed by atoms with Gasteiger partial charge in [0.2, 0.25) is 0 Å². The maximum Gasteiger partial charge on any atom is 0.323 e. The summed E-state index contributed by atoms with van der Waals surface area (Å²) in [4.78, 5) is 12.2. The van der Waals surface area contributed by atoms with Gasteiger partial charge in [0, 0.05) is 38.7 Å². The summed E-state index contributed by atoms with van der Waals surface area (Å²) in [5.74, 6) is 0. The number of rotatable bonds is 6. The van der Waals surface area contributed by atoms with Gasteiger partial charge in [-0.2, -0.15) is 0 Å². The fraction of sp³-hybridized carbons (Fsp3) is 0.188. The Hall–Kier alpha value is -1.80. The van der Waals surface area contributed by atoms with Crippen molar-refractivity contribution in [2.45, 2.75) is 6.61 Å². The molecule has 0 aromatic heterocycles. The number of benzene rings is 2. The van der Waals surface area contributed by atoms with Crippen LogP contribution in [0.1, 0.15) is 5.56 Å². The van der Waals surface area contributed by atoms with E-state index in [1.807, 2.05) is 0 Å². The Balaban J connectivity index is 2.10. The third kappa shape index (κ3) is 5.38. The lowest BCUT2D eigenvalue weighted by Crippen LogP contribution is -2.20. The summed E-state index contributed by atoms with van der Waals surface area (Å²) in [5, 5.41) is 27.0. The number of halogens is 2. The second-order valence-corrected chi connectivity index (χ2v) is 6.27. The number of carbonyl (C=O) groups is 1. The maximum atomic E-state index is 12.2. The van der Waals surface area contributed by atoms with Crippen molar-refractivity contribution in [2.75, 3.05) is 29.1 Å². The Kier molecular flexibility index (Phi) is 6.86. The van der Waals surface area contributed by atoms with Gasteiger partial charge in [-0.25, -0.2) is 4.79 Å². The molecule has 24 heavy (non-hydrogen) atoms. The predicted molar refractivity (Wildman–Crippen MR) is 99.7 cm³/mol. The summed E-state index contributed by atoms with van der Waals surface area (Å²) in [6.07, 6.45) is 0. The van der Waals surface area contributed by atoms with Crippen LogP contribution in [0.25, 0.3) is 0 Å². The van der Waals surface area contributed by atoms with Crippen molar-refractivity contribution in [3.05, 3.63) is 51.5 Å². The first-order valence-corrected chi connectivity index (χ1v) is 8.31. The number of carbonyl (C=O) groups excluding carboxylic acids is 1. The molecule has 6 nitrogen and oxygen atoms in total. The molecule has 0 radical (unpaired) electrons. The van der Waals surface area contributed by atoms with Gasteiger partial charge < -0.3 is 26.2 Å². The molecule has 2 aromatic carbocycles. The number of aliphatic hydroxyl groups is 2. The van der Waals surface area contributed by atoms with E-state index in [0.29, 0.717) is 34.2 Å². The molecule has 0 heterocycles. The van der Waals surface area contributed by atoms with Gasteiger partial charge in [0.15, 0.2) is 0 Å². The van der Waals surface area contributed by atoms with Gasteiger partial charge in [-0.05, 0) is 30.3 Å². The van der Waals surface area contributed by atoms with Gasteiger partial charge in [0.1, 0.15) is 0 Å². The predicted octanol–water partition coefficient (Wildman–Crippen LogP) is 3.64. The highest BCUT2D eigenvalue weighted by molar-refractivity contribution is 9.10. The highest BCUT2D eigenvalue weighted by atomic mass is 79.9. The molecule has 0 aliphatic rings. The fourth-order valence-electron chi connectivity index (χ4n) is 2.05. The van der Waals surface area contributed by atoms with E-state index in [9.17, 15) is 9.90 Å². The zero-order valence-electron chi connectivity index (χ0n) is 12.6. The molecule has 0 bridgehead atoms. The molecule has 0 spiro atoms. The Morgan fingerprint density at radius 3 is 2.54 bits per heavy atom. The molecule has 0 atom stereocenters. The zero-order valence-corrected chi connectivity index (χ0v) is 15.0. The van der Waals surface area contributed by atoms with Gasteiger partial charge in [-0.1, -0.05) is 33.6 Å². The van der Waals surface area contributed by atoms with Gasteiger partial charge >= 0.3 is 6.03 Å². The second kappa shape index (κ2) is 8.89. The van der Waals surface area contributed by atoms with Gasteiger partial charge in [0.25, 0.3) is 0 Å². The number of urea groups is 1. The summed E-state index contributed by atoms with van der Waals surface area (Å²) in [6, 6.07) is 9.75. The lowest BCUT2D eigenvalue weighted by Gasteiger charge is -2.13. The van der Waals surface area contributed by atoms with Crippen LogP contribution in [0.5, 0.6) is 0 Å². The molecular formula is C16H17BrClN3O3. The molecule has 0 saturated carbocycles. The van der Waals surface area contributed by atoms with Crippen molar-refractivity contribution in [2.24, 2.45) is 0 Å². The molecule has 2 rings (SSSR count). The van der Waals surface area contributed by atoms with Crippen molar-refractivity contribution in [1.29, 1.82) is 0 Å². The second-order valence-electron chi connectivity index (χ2n) is 4.92. The van der Waals surface area contributed by atoms with Crippen LogP contribution in [-0.2, 0) is 6.61 Å². The molecule has 0 fully saturated rings. The van der Waals surface area contributed by atoms with Gasteiger partial charge in [-0.15, -0.1) is 0 Å². The summed E-state index contributed by atoms with van der Waals surface area (Å²) >= 11 is 9.35. The standard InChI is InChI=1S/C16H17BrClN3O3/c17-11-2-1-10(9-23)15(5-11)21-16(24)20-14-7-12(18)6-13(8-14)19-3-4-22/h1-2,5-8,19,22-23H,3-4,9H2,(H2,20,21,24). The van der Waals surface area contributed by atoms with E-state index in [4.69, 9.17) is 16.7 Å². The van der Waals surface area contributed by atoms with Crippen molar-refractivity contribution in [1.82, 2.24) is 0 Å². The Morgan fingerprint density at radius 1 is 1.08 bits per heavy atom. The number of nitrogens with one attached hydrogen (secondary N) is 3. The third-order valence-electron chi connectivity index (χ3n) is 3.09. The topological polar surface area (TPSA) is 93.6 Å². The molecule has 2 amide bonds. The highest BCUT2D eigenvalue weighted by Gasteiger charge is 2.08. The molecule has 8 heteroatoms. The third-order valence-corrected chi connectivity index (χ3v) is 3.80. The summed E-state index contributed by atoms with van der Waals surface area (Å²) in [6.45, 7) is 0.182. The summed E-state index contributed by atoms with van der Waals surface area (Å²) in [7, 11) is 0. The molecule has 128 valence electrons. The van der Waals surface area contributed by atoms with Crippen molar-refractivity contribution >= 4 is 50.6 Å². The fourth-order valence-corrected chi connectivity index (χ4v) is 2.65. The minimum atomic E-state index is -0.460. The number of amides is 2. The molecule has 0 aliphatic heterocycles. The van der Waals surface area contributed by atoms with E-state index in [2.05, 4.69) is 31.9 Å². The number of aliphatic hydroxyl groups excluding tert-OH is 2. The highest BCUT2D eigenvalue weighted by Crippen LogP contribution is 2.24. The van der Waals surface area contributed by atoms with Crippen molar-refractivity contribution in [3.63, 3.8) is 0 Å². The molecule has 0 saturated heterocycles. The largest absolute Gasteiger partial charge is 0.395 e. The molecule has 0 unspecified atom stereocenters. The van der Waals surface area contributed by atoms with Crippen LogP contribution in [0.3, 0.4) is 0 Å². The Bertz CT molecular complexity index is 728. The first-order chi connectivity index (χ1) is 11.5. The normalized spacial score (nSPS) is 10.3. The molecular weight excluding hydrogens is 398 g/mol. The first kappa shape index (κ1) is 18.5. The van der Waals surface area contributed by atoms with Gasteiger partial charge in [-0.3, -0.25) is 0 Å². The van der Waals surface area contributed by atoms with Crippen LogP contribution in [0.15, 0.2) is 40.9 Å². The smallest absolute Gasteiger partial charge is 0.323 e. The van der Waals surface area contributed by atoms with Crippen LogP contribution < -0.4 is 16.0 Å². The first-order valence-electron chi connectivity index (χ1n) is 7.14. The summed E-state index contributed by atoms with van der Waals surface area (Å²) < 4.78 is 0.785.